The number of aliphatic hydroxyl groups is 1. The molecule has 4 nitrogen and oxygen atoms in total. The third kappa shape index (κ3) is 5.33. The van der Waals surface area contributed by atoms with E-state index in [4.69, 9.17) is 0 Å². The lowest BCUT2D eigenvalue weighted by Crippen LogP contribution is -2.46. The van der Waals surface area contributed by atoms with Gasteiger partial charge in [-0.15, -0.1) is 0 Å². The van der Waals surface area contributed by atoms with Gasteiger partial charge in [-0.3, -0.25) is 0 Å². The number of nitrogens with zero attached hydrogens (tertiary/aromatic N) is 2. The molecule has 17 heavy (non-hydrogen) atoms. The van der Waals surface area contributed by atoms with Crippen LogP contribution in [0.4, 0.5) is 0 Å². The molecular weight excluding hydrogens is 214 g/mol. The zero-order valence-corrected chi connectivity index (χ0v) is 11.6. The van der Waals surface area contributed by atoms with E-state index in [2.05, 4.69) is 31.1 Å². The standard InChI is InChI=1S/C13H25N3O/c1-12(2,3)15-10-13(4,17)7-6-11-14-8-9-16(11)5/h8-9,15,17H,6-7,10H2,1-5H3. The molecule has 0 aliphatic rings. The Kier molecular flexibility index (Phi) is 4.33. The minimum Gasteiger partial charge on any atom is -0.389 e. The summed E-state index contributed by atoms with van der Waals surface area (Å²) in [4.78, 5) is 4.26. The van der Waals surface area contributed by atoms with Gasteiger partial charge < -0.3 is 15.0 Å². The number of nitrogens with one attached hydrogen (secondary N) is 1. The highest BCUT2D eigenvalue weighted by Gasteiger charge is 2.23. The van der Waals surface area contributed by atoms with Crippen molar-refractivity contribution in [3.8, 4) is 0 Å². The average molecular weight is 239 g/mol. The topological polar surface area (TPSA) is 50.1 Å². The molecule has 0 saturated carbocycles. The van der Waals surface area contributed by atoms with Crippen LogP contribution in [-0.2, 0) is 13.5 Å². The lowest BCUT2D eigenvalue weighted by molar-refractivity contribution is 0.0442. The molecule has 1 aromatic rings. The summed E-state index contributed by atoms with van der Waals surface area (Å²) in [5, 5.41) is 13.6. The Balaban J connectivity index is 2.42. The maximum atomic E-state index is 10.3. The Morgan fingerprint density at radius 1 is 1.35 bits per heavy atom. The zero-order chi connectivity index (χ0) is 13.1. The maximum Gasteiger partial charge on any atom is 0.108 e. The minimum absolute atomic E-state index is 0.0349. The van der Waals surface area contributed by atoms with E-state index in [0.29, 0.717) is 13.0 Å². The second kappa shape index (κ2) is 5.19. The monoisotopic (exact) mass is 239 g/mol. The summed E-state index contributed by atoms with van der Waals surface area (Å²) in [6.45, 7) is 8.76. The first kappa shape index (κ1) is 14.2. The molecule has 0 aliphatic carbocycles. The third-order valence-corrected chi connectivity index (χ3v) is 2.81. The molecule has 4 heteroatoms. The fraction of sp³-hybridized carbons (Fsp3) is 0.769. The van der Waals surface area contributed by atoms with Gasteiger partial charge in [-0.25, -0.2) is 4.98 Å². The fourth-order valence-electron chi connectivity index (χ4n) is 1.56. The highest BCUT2D eigenvalue weighted by atomic mass is 16.3. The van der Waals surface area contributed by atoms with Crippen LogP contribution in [0.3, 0.4) is 0 Å². The first-order chi connectivity index (χ1) is 7.70. The SMILES string of the molecule is Cn1ccnc1CCC(C)(O)CNC(C)(C)C. The first-order valence-electron chi connectivity index (χ1n) is 6.13. The highest BCUT2D eigenvalue weighted by Crippen LogP contribution is 2.13. The van der Waals surface area contributed by atoms with Crippen molar-refractivity contribution >= 4 is 0 Å². The van der Waals surface area contributed by atoms with Gasteiger partial charge in [0, 0.05) is 37.9 Å². The second-order valence-electron chi connectivity index (χ2n) is 6.05. The molecule has 0 aliphatic heterocycles. The summed E-state index contributed by atoms with van der Waals surface area (Å²) < 4.78 is 1.99. The van der Waals surface area contributed by atoms with E-state index in [-0.39, 0.29) is 5.54 Å². The van der Waals surface area contributed by atoms with Crippen LogP contribution in [0, 0.1) is 0 Å². The smallest absolute Gasteiger partial charge is 0.108 e. The van der Waals surface area contributed by atoms with E-state index in [1.54, 1.807) is 6.20 Å². The van der Waals surface area contributed by atoms with Crippen LogP contribution in [0.5, 0.6) is 0 Å². The van der Waals surface area contributed by atoms with Crippen LogP contribution in [0.1, 0.15) is 39.9 Å². The number of hydrogen-bond acceptors (Lipinski definition) is 3. The van der Waals surface area contributed by atoms with Crippen LogP contribution < -0.4 is 5.32 Å². The first-order valence-corrected chi connectivity index (χ1v) is 6.13. The van der Waals surface area contributed by atoms with E-state index < -0.39 is 5.60 Å². The summed E-state index contributed by atoms with van der Waals surface area (Å²) in [7, 11) is 1.98. The number of aromatic nitrogens is 2. The normalized spacial score (nSPS) is 15.9. The predicted molar refractivity (Wildman–Crippen MR) is 69.9 cm³/mol. The van der Waals surface area contributed by atoms with Crippen molar-refractivity contribution < 1.29 is 5.11 Å². The lowest BCUT2D eigenvalue weighted by atomic mass is 9.98. The van der Waals surface area contributed by atoms with Gasteiger partial charge in [0.05, 0.1) is 5.60 Å². The Hall–Kier alpha value is -0.870. The van der Waals surface area contributed by atoms with Crippen LogP contribution in [-0.4, -0.2) is 32.3 Å². The molecular formula is C13H25N3O. The second-order valence-corrected chi connectivity index (χ2v) is 6.05. The molecule has 0 bridgehead atoms. The largest absolute Gasteiger partial charge is 0.389 e. The van der Waals surface area contributed by atoms with Gasteiger partial charge in [0.2, 0.25) is 0 Å². The molecule has 0 saturated heterocycles. The van der Waals surface area contributed by atoms with E-state index in [9.17, 15) is 5.11 Å². The van der Waals surface area contributed by atoms with Crippen molar-refractivity contribution in [3.05, 3.63) is 18.2 Å². The van der Waals surface area contributed by atoms with Gasteiger partial charge in [0.1, 0.15) is 5.82 Å². The molecule has 1 unspecified atom stereocenters. The van der Waals surface area contributed by atoms with Crippen LogP contribution in [0.15, 0.2) is 12.4 Å². The summed E-state index contributed by atoms with van der Waals surface area (Å²) in [6, 6.07) is 0. The number of β-amino-alcohol motifs (C(OH)–C–C–N with tert-alkyl or cyclic N) is 1. The molecule has 0 spiro atoms. The van der Waals surface area contributed by atoms with Crippen LogP contribution in [0.2, 0.25) is 0 Å². The zero-order valence-electron chi connectivity index (χ0n) is 11.6. The Bertz CT molecular complexity index is 350. The van der Waals surface area contributed by atoms with Gasteiger partial charge in [-0.2, -0.15) is 0 Å². The van der Waals surface area contributed by atoms with Gasteiger partial charge in [-0.05, 0) is 34.1 Å². The van der Waals surface area contributed by atoms with Crippen molar-refractivity contribution in [2.75, 3.05) is 6.54 Å². The van der Waals surface area contributed by atoms with Crippen molar-refractivity contribution in [1.82, 2.24) is 14.9 Å². The third-order valence-electron chi connectivity index (χ3n) is 2.81. The average Bonchev–Trinajstić information content (AvgIpc) is 2.58. The molecule has 98 valence electrons. The predicted octanol–water partition coefficient (Wildman–Crippen LogP) is 1.49. The Labute approximate surface area is 104 Å². The van der Waals surface area contributed by atoms with Crippen molar-refractivity contribution in [2.45, 2.75) is 51.7 Å². The quantitative estimate of drug-likeness (QED) is 0.818. The molecule has 1 aromatic heterocycles. The molecule has 0 amide bonds. The molecule has 1 heterocycles. The van der Waals surface area contributed by atoms with E-state index in [0.717, 1.165) is 12.2 Å². The van der Waals surface area contributed by atoms with E-state index >= 15 is 0 Å². The maximum absolute atomic E-state index is 10.3. The molecule has 1 atom stereocenters. The summed E-state index contributed by atoms with van der Waals surface area (Å²) in [5.74, 6) is 1.01. The molecule has 2 N–H and O–H groups in total. The number of imidazole rings is 1. The fourth-order valence-corrected chi connectivity index (χ4v) is 1.56. The van der Waals surface area contributed by atoms with Crippen LogP contribution >= 0.6 is 0 Å². The molecule has 1 rings (SSSR count). The summed E-state index contributed by atoms with van der Waals surface area (Å²) >= 11 is 0. The molecule has 0 radical (unpaired) electrons. The lowest BCUT2D eigenvalue weighted by Gasteiger charge is -2.29. The molecule has 0 aromatic carbocycles. The number of aryl methyl sites for hydroxylation is 2. The number of rotatable bonds is 5. The van der Waals surface area contributed by atoms with Gasteiger partial charge in [-0.1, -0.05) is 0 Å². The summed E-state index contributed by atoms with van der Waals surface area (Å²) in [6.07, 6.45) is 5.22. The van der Waals surface area contributed by atoms with E-state index in [1.165, 1.54) is 0 Å². The van der Waals surface area contributed by atoms with Gasteiger partial charge in [0.25, 0.3) is 0 Å². The molecule has 0 fully saturated rings. The van der Waals surface area contributed by atoms with Crippen molar-refractivity contribution in [1.29, 1.82) is 0 Å². The minimum atomic E-state index is -0.695. The summed E-state index contributed by atoms with van der Waals surface area (Å²) in [5.41, 5.74) is -0.660. The Morgan fingerprint density at radius 3 is 2.47 bits per heavy atom. The number of hydrogen-bond donors (Lipinski definition) is 2. The van der Waals surface area contributed by atoms with Gasteiger partial charge >= 0.3 is 0 Å². The highest BCUT2D eigenvalue weighted by molar-refractivity contribution is 4.93. The van der Waals surface area contributed by atoms with Crippen LogP contribution in [0.25, 0.3) is 0 Å². The van der Waals surface area contributed by atoms with Gasteiger partial charge in [0.15, 0.2) is 0 Å². The van der Waals surface area contributed by atoms with Crippen molar-refractivity contribution in [3.63, 3.8) is 0 Å². The van der Waals surface area contributed by atoms with Crippen molar-refractivity contribution in [2.24, 2.45) is 7.05 Å². The Morgan fingerprint density at radius 2 is 2.00 bits per heavy atom. The van der Waals surface area contributed by atoms with E-state index in [1.807, 2.05) is 24.7 Å².